The Hall–Kier alpha value is -1.55. The van der Waals surface area contributed by atoms with E-state index in [1.165, 1.54) is 25.7 Å². The number of anilines is 1. The van der Waals surface area contributed by atoms with E-state index in [1.54, 1.807) is 24.3 Å². The van der Waals surface area contributed by atoms with Gasteiger partial charge in [-0.05, 0) is 57.0 Å². The van der Waals surface area contributed by atoms with Crippen molar-refractivity contribution in [2.75, 3.05) is 18.9 Å². The van der Waals surface area contributed by atoms with Crippen molar-refractivity contribution < 1.29 is 9.53 Å². The number of nitrogen functional groups attached to an aromatic ring is 1. The molecule has 0 bridgehead atoms. The third-order valence-electron chi connectivity index (χ3n) is 4.12. The summed E-state index contributed by atoms with van der Waals surface area (Å²) in [6.45, 7) is 9.89. The Kier molecular flexibility index (Phi) is 8.10. The van der Waals surface area contributed by atoms with Crippen LogP contribution in [0.3, 0.4) is 0 Å². The average molecular weight is 320 g/mol. The van der Waals surface area contributed by atoms with Crippen LogP contribution in [0.2, 0.25) is 0 Å². The molecule has 130 valence electrons. The lowest BCUT2D eigenvalue weighted by Crippen LogP contribution is -2.46. The van der Waals surface area contributed by atoms with Gasteiger partial charge in [-0.2, -0.15) is 0 Å². The maximum absolute atomic E-state index is 12.0. The van der Waals surface area contributed by atoms with E-state index in [-0.39, 0.29) is 11.5 Å². The number of esters is 1. The van der Waals surface area contributed by atoms with Gasteiger partial charge >= 0.3 is 5.97 Å². The second-order valence-electron chi connectivity index (χ2n) is 6.88. The summed E-state index contributed by atoms with van der Waals surface area (Å²) in [6.07, 6.45) is 4.93. The van der Waals surface area contributed by atoms with Crippen LogP contribution in [0.1, 0.15) is 63.7 Å². The van der Waals surface area contributed by atoms with Crippen molar-refractivity contribution in [3.8, 4) is 0 Å². The second kappa shape index (κ2) is 9.56. The number of benzene rings is 1. The molecule has 0 amide bonds. The van der Waals surface area contributed by atoms with Crippen LogP contribution in [0.25, 0.3) is 0 Å². The lowest BCUT2D eigenvalue weighted by molar-refractivity contribution is 0.0396. The van der Waals surface area contributed by atoms with Crippen molar-refractivity contribution in [2.45, 2.75) is 58.9 Å². The fraction of sp³-hybridized carbons (Fsp3) is 0.632. The van der Waals surface area contributed by atoms with Crippen molar-refractivity contribution in [3.05, 3.63) is 29.8 Å². The molecule has 23 heavy (non-hydrogen) atoms. The Bertz CT molecular complexity index is 469. The van der Waals surface area contributed by atoms with Crippen molar-refractivity contribution in [3.63, 3.8) is 0 Å². The van der Waals surface area contributed by atoms with Crippen LogP contribution in [0.5, 0.6) is 0 Å². The highest BCUT2D eigenvalue weighted by molar-refractivity contribution is 5.89. The topological polar surface area (TPSA) is 64.3 Å². The molecule has 4 heteroatoms. The molecule has 0 fully saturated rings. The van der Waals surface area contributed by atoms with Gasteiger partial charge in [-0.25, -0.2) is 4.79 Å². The highest BCUT2D eigenvalue weighted by atomic mass is 16.5. The van der Waals surface area contributed by atoms with Crippen LogP contribution < -0.4 is 11.1 Å². The van der Waals surface area contributed by atoms with Crippen LogP contribution >= 0.6 is 0 Å². The van der Waals surface area contributed by atoms with Crippen molar-refractivity contribution in [1.29, 1.82) is 0 Å². The van der Waals surface area contributed by atoms with E-state index in [2.05, 4.69) is 33.0 Å². The number of hydrogen-bond acceptors (Lipinski definition) is 4. The third-order valence-corrected chi connectivity index (χ3v) is 4.12. The van der Waals surface area contributed by atoms with E-state index in [4.69, 9.17) is 10.5 Å². The molecule has 1 aromatic rings. The molecule has 0 saturated heterocycles. The number of hydrogen-bond donors (Lipinski definition) is 2. The molecule has 0 radical (unpaired) electrons. The monoisotopic (exact) mass is 320 g/mol. The number of rotatable bonds is 10. The maximum Gasteiger partial charge on any atom is 0.338 e. The zero-order chi connectivity index (χ0) is 17.3. The molecule has 1 rings (SSSR count). The van der Waals surface area contributed by atoms with Gasteiger partial charge in [0.2, 0.25) is 0 Å². The number of ether oxygens (including phenoxy) is 1. The smallest absolute Gasteiger partial charge is 0.338 e. The zero-order valence-corrected chi connectivity index (χ0v) is 15.0. The van der Waals surface area contributed by atoms with Crippen LogP contribution in [0.15, 0.2) is 24.3 Å². The quantitative estimate of drug-likeness (QED) is 0.505. The van der Waals surface area contributed by atoms with E-state index >= 15 is 0 Å². The van der Waals surface area contributed by atoms with Crippen LogP contribution in [-0.4, -0.2) is 24.7 Å². The van der Waals surface area contributed by atoms with Gasteiger partial charge in [-0.3, -0.25) is 0 Å². The molecule has 0 aromatic heterocycles. The molecule has 0 heterocycles. The summed E-state index contributed by atoms with van der Waals surface area (Å²) < 4.78 is 5.44. The summed E-state index contributed by atoms with van der Waals surface area (Å²) in [7, 11) is 0. The molecule has 3 N–H and O–H groups in total. The fourth-order valence-electron chi connectivity index (χ4n) is 2.36. The minimum absolute atomic E-state index is 0.233. The molecule has 0 aliphatic carbocycles. The first-order chi connectivity index (χ1) is 10.9. The Morgan fingerprint density at radius 1 is 1.26 bits per heavy atom. The van der Waals surface area contributed by atoms with Crippen LogP contribution in [0, 0.1) is 5.92 Å². The number of unbranched alkanes of at least 4 members (excludes halogenated alkanes) is 1. The predicted octanol–water partition coefficient (Wildman–Crippen LogP) is 4.01. The van der Waals surface area contributed by atoms with E-state index in [9.17, 15) is 4.79 Å². The van der Waals surface area contributed by atoms with Crippen molar-refractivity contribution >= 4 is 11.7 Å². The Morgan fingerprint density at radius 3 is 2.48 bits per heavy atom. The Labute approximate surface area is 140 Å². The Morgan fingerprint density at radius 2 is 1.91 bits per heavy atom. The predicted molar refractivity (Wildman–Crippen MR) is 96.5 cm³/mol. The molecular formula is C19H32N2O2. The van der Waals surface area contributed by atoms with E-state index in [1.807, 2.05) is 0 Å². The van der Waals surface area contributed by atoms with Gasteiger partial charge in [0.15, 0.2) is 0 Å². The molecular weight excluding hydrogens is 288 g/mol. The summed E-state index contributed by atoms with van der Waals surface area (Å²) in [4.78, 5) is 12.0. The van der Waals surface area contributed by atoms with Crippen molar-refractivity contribution in [2.24, 2.45) is 5.92 Å². The van der Waals surface area contributed by atoms with E-state index in [0.717, 1.165) is 6.54 Å². The standard InChI is InChI=1S/C19H32N2O2/c1-5-7-8-15(6-2)13-21-19(3,4)14-23-18(22)16-9-11-17(20)12-10-16/h9-12,15,21H,5-8,13-14,20H2,1-4H3. The number of carbonyl (C=O) groups is 1. The summed E-state index contributed by atoms with van der Waals surface area (Å²) in [5, 5.41) is 3.54. The Balaban J connectivity index is 2.41. The molecule has 0 spiro atoms. The molecule has 1 atom stereocenters. The minimum Gasteiger partial charge on any atom is -0.460 e. The SMILES string of the molecule is CCCCC(CC)CNC(C)(C)COC(=O)c1ccc(N)cc1. The highest BCUT2D eigenvalue weighted by Gasteiger charge is 2.21. The average Bonchev–Trinajstić information content (AvgIpc) is 2.53. The molecule has 0 aliphatic heterocycles. The summed E-state index contributed by atoms with van der Waals surface area (Å²) in [5.41, 5.74) is 6.56. The lowest BCUT2D eigenvalue weighted by Gasteiger charge is -2.28. The summed E-state index contributed by atoms with van der Waals surface area (Å²) in [6, 6.07) is 6.80. The second-order valence-corrected chi connectivity index (χ2v) is 6.88. The van der Waals surface area contributed by atoms with Gasteiger partial charge in [-0.15, -0.1) is 0 Å². The normalized spacial score (nSPS) is 12.9. The van der Waals surface area contributed by atoms with Crippen LogP contribution in [0.4, 0.5) is 5.69 Å². The third kappa shape index (κ3) is 7.51. The van der Waals surface area contributed by atoms with Gasteiger partial charge in [0, 0.05) is 11.2 Å². The molecule has 1 unspecified atom stereocenters. The molecule has 0 aliphatic rings. The van der Waals surface area contributed by atoms with E-state index < -0.39 is 0 Å². The van der Waals surface area contributed by atoms with E-state index in [0.29, 0.717) is 23.8 Å². The molecule has 0 saturated carbocycles. The maximum atomic E-state index is 12.0. The summed E-state index contributed by atoms with van der Waals surface area (Å²) in [5.74, 6) is 0.375. The molecule has 1 aromatic carbocycles. The fourth-order valence-corrected chi connectivity index (χ4v) is 2.36. The highest BCUT2D eigenvalue weighted by Crippen LogP contribution is 2.14. The van der Waals surface area contributed by atoms with Crippen LogP contribution in [-0.2, 0) is 4.74 Å². The number of carbonyl (C=O) groups excluding carboxylic acids is 1. The largest absolute Gasteiger partial charge is 0.460 e. The number of nitrogens with two attached hydrogens (primary N) is 1. The number of nitrogens with one attached hydrogen (secondary N) is 1. The summed E-state index contributed by atoms with van der Waals surface area (Å²) >= 11 is 0. The van der Waals surface area contributed by atoms with Gasteiger partial charge < -0.3 is 15.8 Å². The van der Waals surface area contributed by atoms with Gasteiger partial charge in [0.05, 0.1) is 5.56 Å². The van der Waals surface area contributed by atoms with Crippen molar-refractivity contribution in [1.82, 2.24) is 5.32 Å². The zero-order valence-electron chi connectivity index (χ0n) is 15.0. The first kappa shape index (κ1) is 19.5. The van der Waals surface area contributed by atoms with Gasteiger partial charge in [0.25, 0.3) is 0 Å². The first-order valence-corrected chi connectivity index (χ1v) is 8.65. The first-order valence-electron chi connectivity index (χ1n) is 8.65. The minimum atomic E-state index is -0.308. The van der Waals surface area contributed by atoms with Gasteiger partial charge in [-0.1, -0.05) is 33.1 Å². The lowest BCUT2D eigenvalue weighted by atomic mass is 9.97. The molecule has 4 nitrogen and oxygen atoms in total. The van der Waals surface area contributed by atoms with Gasteiger partial charge in [0.1, 0.15) is 6.61 Å².